The van der Waals surface area contributed by atoms with Gasteiger partial charge in [0.15, 0.2) is 0 Å². The number of β-amino-alcohol motifs (C(OH)–C–C–N with tert-alkyl or cyclic N) is 1. The standard InChI is InChI=1S/C30H41F2N3O4/c1-3-29(31,4-2)20-34-15-12-21(13-16-34)19-39-24-10-8-22(9-11-24)25-7-5-6-14-30(25,32)28(38)35-18-23(36)17-26(35)27(33)37/h5-11,14,21,23,25-26,36H,3-4,12-13,15-20H2,1-2H3,(H2,33,37)/t23-,25?,26+,30?/m1/s1. The maximum absolute atomic E-state index is 16.4. The molecule has 0 saturated carbocycles. The fraction of sp³-hybridized carbons (Fsp3) is 0.600. The summed E-state index contributed by atoms with van der Waals surface area (Å²) in [5.41, 5.74) is 2.47. The molecule has 39 heavy (non-hydrogen) atoms. The molecular formula is C30H41F2N3O4. The first-order valence-electron chi connectivity index (χ1n) is 14.1. The summed E-state index contributed by atoms with van der Waals surface area (Å²) in [4.78, 5) is 28.5. The Kier molecular flexibility index (Phi) is 9.11. The van der Waals surface area contributed by atoms with Crippen LogP contribution in [0.2, 0.25) is 0 Å². The molecule has 9 heteroatoms. The highest BCUT2D eigenvalue weighted by molar-refractivity contribution is 5.94. The van der Waals surface area contributed by atoms with Gasteiger partial charge in [0, 0.05) is 25.4 Å². The van der Waals surface area contributed by atoms with E-state index in [1.807, 2.05) is 13.8 Å². The molecule has 1 aromatic rings. The molecule has 4 rings (SSSR count). The van der Waals surface area contributed by atoms with Crippen molar-refractivity contribution >= 4 is 11.8 Å². The molecule has 2 heterocycles. The van der Waals surface area contributed by atoms with Crippen LogP contribution in [0.5, 0.6) is 5.75 Å². The lowest BCUT2D eigenvalue weighted by atomic mass is 9.79. The number of aliphatic hydroxyl groups excluding tert-OH is 1. The molecule has 7 nitrogen and oxygen atoms in total. The Labute approximate surface area is 229 Å². The summed E-state index contributed by atoms with van der Waals surface area (Å²) < 4.78 is 37.2. The largest absolute Gasteiger partial charge is 0.493 e. The maximum Gasteiger partial charge on any atom is 0.266 e. The molecule has 214 valence electrons. The minimum absolute atomic E-state index is 0.000539. The molecule has 1 aromatic carbocycles. The Morgan fingerprint density at radius 2 is 1.82 bits per heavy atom. The third-order valence-electron chi connectivity index (χ3n) is 8.61. The van der Waals surface area contributed by atoms with E-state index in [9.17, 15) is 19.1 Å². The van der Waals surface area contributed by atoms with Crippen LogP contribution in [0.25, 0.3) is 0 Å². The molecule has 0 aromatic heterocycles. The number of carbonyl (C=O) groups is 2. The van der Waals surface area contributed by atoms with Crippen molar-refractivity contribution in [3.63, 3.8) is 0 Å². The molecule has 4 atom stereocenters. The third kappa shape index (κ3) is 6.52. The third-order valence-corrected chi connectivity index (χ3v) is 8.61. The number of ether oxygens (including phenoxy) is 1. The summed E-state index contributed by atoms with van der Waals surface area (Å²) >= 11 is 0. The molecule has 1 aliphatic carbocycles. The SMILES string of the molecule is CCC(F)(CC)CN1CCC(COc2ccc(C3C=CC=CC3(F)C(=O)N3C[C@H](O)C[C@H]3C(N)=O)cc2)CC1. The van der Waals surface area contributed by atoms with Crippen molar-refractivity contribution < 1.29 is 28.2 Å². The predicted molar refractivity (Wildman–Crippen MR) is 146 cm³/mol. The Bertz CT molecular complexity index is 1070. The first kappa shape index (κ1) is 29.2. The van der Waals surface area contributed by atoms with E-state index >= 15 is 4.39 Å². The van der Waals surface area contributed by atoms with E-state index < -0.39 is 41.2 Å². The molecule has 0 spiro atoms. The number of nitrogens with zero attached hydrogens (tertiary/aromatic N) is 2. The number of hydrogen-bond donors (Lipinski definition) is 2. The Morgan fingerprint density at radius 1 is 1.15 bits per heavy atom. The van der Waals surface area contributed by atoms with E-state index in [0.29, 0.717) is 43.2 Å². The second kappa shape index (κ2) is 12.2. The van der Waals surface area contributed by atoms with Gasteiger partial charge in [-0.05, 0) is 68.5 Å². The number of allylic oxidation sites excluding steroid dienone is 3. The number of halogens is 2. The van der Waals surface area contributed by atoms with Crippen molar-refractivity contribution in [3.05, 3.63) is 54.1 Å². The molecule has 2 fully saturated rings. The number of nitrogens with two attached hydrogens (primary N) is 1. The average Bonchev–Trinajstić information content (AvgIpc) is 3.34. The molecule has 2 unspecified atom stereocenters. The van der Waals surface area contributed by atoms with Crippen LogP contribution < -0.4 is 10.5 Å². The molecule has 0 radical (unpaired) electrons. The van der Waals surface area contributed by atoms with Gasteiger partial charge < -0.3 is 25.4 Å². The lowest BCUT2D eigenvalue weighted by molar-refractivity contribution is -0.146. The lowest BCUT2D eigenvalue weighted by Gasteiger charge is -2.36. The zero-order valence-electron chi connectivity index (χ0n) is 22.9. The number of benzene rings is 1. The summed E-state index contributed by atoms with van der Waals surface area (Å²) in [7, 11) is 0. The van der Waals surface area contributed by atoms with E-state index in [1.54, 1.807) is 36.4 Å². The number of carbonyl (C=O) groups excluding carboxylic acids is 2. The van der Waals surface area contributed by atoms with Gasteiger partial charge in [-0.2, -0.15) is 0 Å². The van der Waals surface area contributed by atoms with Crippen LogP contribution in [0, 0.1) is 5.92 Å². The van der Waals surface area contributed by atoms with Gasteiger partial charge >= 0.3 is 0 Å². The summed E-state index contributed by atoms with van der Waals surface area (Å²) in [5.74, 6) is -1.52. The second-order valence-corrected chi connectivity index (χ2v) is 11.2. The van der Waals surface area contributed by atoms with E-state index in [0.717, 1.165) is 30.8 Å². The van der Waals surface area contributed by atoms with E-state index in [4.69, 9.17) is 10.5 Å². The molecule has 3 aliphatic rings. The van der Waals surface area contributed by atoms with Crippen molar-refractivity contribution in [3.8, 4) is 5.75 Å². The van der Waals surface area contributed by atoms with Crippen molar-refractivity contribution in [2.24, 2.45) is 11.7 Å². The van der Waals surface area contributed by atoms with Crippen LogP contribution in [0.4, 0.5) is 8.78 Å². The van der Waals surface area contributed by atoms with Crippen molar-refractivity contribution in [2.45, 2.75) is 75.4 Å². The molecule has 2 amide bonds. The summed E-state index contributed by atoms with van der Waals surface area (Å²) in [5, 5.41) is 10.00. The molecule has 3 N–H and O–H groups in total. The van der Waals surface area contributed by atoms with Crippen molar-refractivity contribution in [1.82, 2.24) is 9.80 Å². The lowest BCUT2D eigenvalue weighted by Crippen LogP contribution is -2.53. The summed E-state index contributed by atoms with van der Waals surface area (Å²) in [6, 6.07) is 5.99. The number of hydrogen-bond acceptors (Lipinski definition) is 5. The highest BCUT2D eigenvalue weighted by Gasteiger charge is 2.51. The fourth-order valence-electron chi connectivity index (χ4n) is 5.87. The zero-order chi connectivity index (χ0) is 28.2. The minimum Gasteiger partial charge on any atom is -0.493 e. The number of amides is 2. The van der Waals surface area contributed by atoms with Gasteiger partial charge in [0.2, 0.25) is 11.6 Å². The molecule has 2 saturated heterocycles. The number of likely N-dealkylation sites (tertiary alicyclic amines) is 2. The number of alkyl halides is 2. The molecule has 0 bridgehead atoms. The monoisotopic (exact) mass is 545 g/mol. The van der Waals surface area contributed by atoms with Gasteiger partial charge in [0.1, 0.15) is 17.5 Å². The van der Waals surface area contributed by atoms with Crippen LogP contribution in [0.15, 0.2) is 48.6 Å². The van der Waals surface area contributed by atoms with Gasteiger partial charge in [-0.25, -0.2) is 8.78 Å². The van der Waals surface area contributed by atoms with E-state index in [-0.39, 0.29) is 13.0 Å². The van der Waals surface area contributed by atoms with Crippen LogP contribution in [0.1, 0.15) is 57.4 Å². The maximum atomic E-state index is 16.4. The smallest absolute Gasteiger partial charge is 0.266 e. The quantitative estimate of drug-likeness (QED) is 0.468. The summed E-state index contributed by atoms with van der Waals surface area (Å²) in [6.07, 6.45) is 8.02. The average molecular weight is 546 g/mol. The Balaban J connectivity index is 1.35. The number of rotatable bonds is 10. The Hall–Kier alpha value is -2.78. The highest BCUT2D eigenvalue weighted by Crippen LogP contribution is 2.40. The predicted octanol–water partition coefficient (Wildman–Crippen LogP) is 3.67. The van der Waals surface area contributed by atoms with Gasteiger partial charge in [-0.15, -0.1) is 0 Å². The van der Waals surface area contributed by atoms with E-state index in [1.165, 1.54) is 12.2 Å². The van der Waals surface area contributed by atoms with Crippen LogP contribution in [-0.4, -0.2) is 83.0 Å². The number of aliphatic hydroxyl groups is 1. The van der Waals surface area contributed by atoms with Gasteiger partial charge in [0.05, 0.1) is 12.7 Å². The number of primary amides is 1. The molecular weight excluding hydrogens is 504 g/mol. The van der Waals surface area contributed by atoms with Gasteiger partial charge in [0.25, 0.3) is 5.91 Å². The normalized spacial score (nSPS) is 28.1. The van der Waals surface area contributed by atoms with Crippen LogP contribution in [0.3, 0.4) is 0 Å². The first-order valence-corrected chi connectivity index (χ1v) is 14.1. The molecule has 2 aliphatic heterocycles. The second-order valence-electron chi connectivity index (χ2n) is 11.2. The van der Waals surface area contributed by atoms with Gasteiger partial charge in [-0.1, -0.05) is 44.2 Å². The topological polar surface area (TPSA) is 96.1 Å². The van der Waals surface area contributed by atoms with Crippen LogP contribution in [-0.2, 0) is 9.59 Å². The Morgan fingerprint density at radius 3 is 2.44 bits per heavy atom. The van der Waals surface area contributed by atoms with E-state index in [2.05, 4.69) is 4.90 Å². The number of piperidine rings is 1. The first-order chi connectivity index (χ1) is 18.6. The fourth-order valence-corrected chi connectivity index (χ4v) is 5.87. The van der Waals surface area contributed by atoms with Crippen molar-refractivity contribution in [2.75, 3.05) is 32.8 Å². The highest BCUT2D eigenvalue weighted by atomic mass is 19.1. The zero-order valence-corrected chi connectivity index (χ0v) is 22.9. The van der Waals surface area contributed by atoms with Crippen molar-refractivity contribution in [1.29, 1.82) is 0 Å². The van der Waals surface area contributed by atoms with Gasteiger partial charge in [-0.3, -0.25) is 9.59 Å². The minimum atomic E-state index is -2.42. The van der Waals surface area contributed by atoms with Crippen LogP contribution >= 0.6 is 0 Å². The summed E-state index contributed by atoms with van der Waals surface area (Å²) in [6.45, 7) is 6.42.